The van der Waals surface area contributed by atoms with E-state index in [-0.39, 0.29) is 6.09 Å². The molecule has 0 spiro atoms. The Morgan fingerprint density at radius 2 is 1.75 bits per heavy atom. The van der Waals surface area contributed by atoms with E-state index in [4.69, 9.17) is 4.74 Å². The largest absolute Gasteiger partial charge is 0.444 e. The van der Waals surface area contributed by atoms with Crippen molar-refractivity contribution in [3.8, 4) is 0 Å². The van der Waals surface area contributed by atoms with E-state index in [0.717, 1.165) is 26.1 Å². The fourth-order valence-corrected chi connectivity index (χ4v) is 4.01. The number of hydrogen-bond acceptors (Lipinski definition) is 3. The third-order valence-corrected chi connectivity index (χ3v) is 5.05. The zero-order valence-electron chi connectivity index (χ0n) is 15.2. The summed E-state index contributed by atoms with van der Waals surface area (Å²) in [4.78, 5) is 17.2. The molecule has 0 N–H and O–H groups in total. The minimum atomic E-state index is -0.428. The second-order valence-corrected chi connectivity index (χ2v) is 8.05. The van der Waals surface area contributed by atoms with E-state index in [1.807, 2.05) is 25.7 Å². The van der Waals surface area contributed by atoms with E-state index in [2.05, 4.69) is 35.2 Å². The number of carbonyl (C=O) groups excluding carboxylic acids is 1. The molecule has 0 unspecified atom stereocenters. The second kappa shape index (κ2) is 7.14. The number of rotatable bonds is 2. The van der Waals surface area contributed by atoms with Gasteiger partial charge in [0.1, 0.15) is 5.60 Å². The van der Waals surface area contributed by atoms with Gasteiger partial charge in [-0.1, -0.05) is 43.2 Å². The summed E-state index contributed by atoms with van der Waals surface area (Å²) >= 11 is 0. The quantitative estimate of drug-likeness (QED) is 0.820. The first-order chi connectivity index (χ1) is 11.4. The third kappa shape index (κ3) is 4.10. The Balaban J connectivity index is 1.71. The van der Waals surface area contributed by atoms with Gasteiger partial charge >= 0.3 is 6.09 Å². The smallest absolute Gasteiger partial charge is 0.410 e. The number of fused-ring (bicyclic) bond motifs is 1. The molecule has 2 atom stereocenters. The average Bonchev–Trinajstić information content (AvgIpc) is 2.54. The van der Waals surface area contributed by atoms with Gasteiger partial charge in [0, 0.05) is 25.7 Å². The highest BCUT2D eigenvalue weighted by Crippen LogP contribution is 2.32. The van der Waals surface area contributed by atoms with Crippen LogP contribution in [0.5, 0.6) is 0 Å². The highest BCUT2D eigenvalue weighted by molar-refractivity contribution is 5.69. The van der Waals surface area contributed by atoms with Crippen LogP contribution in [0.25, 0.3) is 0 Å². The Labute approximate surface area is 145 Å². The van der Waals surface area contributed by atoms with E-state index in [1.54, 1.807) is 0 Å². The van der Waals surface area contributed by atoms with Gasteiger partial charge in [-0.25, -0.2) is 4.79 Å². The van der Waals surface area contributed by atoms with Gasteiger partial charge < -0.3 is 9.64 Å². The van der Waals surface area contributed by atoms with E-state index >= 15 is 0 Å². The van der Waals surface area contributed by atoms with Crippen molar-refractivity contribution >= 4 is 6.09 Å². The van der Waals surface area contributed by atoms with Crippen LogP contribution in [-0.2, 0) is 11.3 Å². The first kappa shape index (κ1) is 17.3. The molecule has 2 aliphatic rings. The summed E-state index contributed by atoms with van der Waals surface area (Å²) in [6.45, 7) is 8.49. The number of nitrogens with zero attached hydrogens (tertiary/aromatic N) is 2. The summed E-state index contributed by atoms with van der Waals surface area (Å²) in [5, 5.41) is 0. The molecule has 1 saturated heterocycles. The Bertz CT molecular complexity index is 553. The molecule has 1 aliphatic carbocycles. The molecule has 1 saturated carbocycles. The predicted molar refractivity (Wildman–Crippen MR) is 95.8 cm³/mol. The molecule has 1 aromatic rings. The maximum Gasteiger partial charge on any atom is 0.410 e. The highest BCUT2D eigenvalue weighted by Gasteiger charge is 2.41. The van der Waals surface area contributed by atoms with Gasteiger partial charge in [-0.15, -0.1) is 0 Å². The van der Waals surface area contributed by atoms with Gasteiger partial charge in [0.25, 0.3) is 0 Å². The first-order valence-electron chi connectivity index (χ1n) is 9.22. The van der Waals surface area contributed by atoms with Crippen LogP contribution >= 0.6 is 0 Å². The SMILES string of the molecule is CC(C)(C)OC(=O)N1CCN(Cc2ccccc2)[C@@H]2CCCC[C@@H]21. The highest BCUT2D eigenvalue weighted by atomic mass is 16.6. The van der Waals surface area contributed by atoms with Crippen LogP contribution in [0.1, 0.15) is 52.0 Å². The van der Waals surface area contributed by atoms with Gasteiger partial charge in [-0.05, 0) is 39.2 Å². The van der Waals surface area contributed by atoms with Gasteiger partial charge in [0.05, 0.1) is 6.04 Å². The van der Waals surface area contributed by atoms with Gasteiger partial charge in [0.2, 0.25) is 0 Å². The minimum absolute atomic E-state index is 0.140. The molecule has 24 heavy (non-hydrogen) atoms. The van der Waals surface area contributed by atoms with Crippen LogP contribution in [0.15, 0.2) is 30.3 Å². The van der Waals surface area contributed by atoms with Crippen molar-refractivity contribution in [2.24, 2.45) is 0 Å². The summed E-state index contributed by atoms with van der Waals surface area (Å²) in [7, 11) is 0. The molecule has 1 aromatic carbocycles. The molecule has 3 rings (SSSR count). The lowest BCUT2D eigenvalue weighted by Gasteiger charge is -2.49. The Morgan fingerprint density at radius 1 is 1.08 bits per heavy atom. The van der Waals surface area contributed by atoms with Crippen molar-refractivity contribution in [1.29, 1.82) is 0 Å². The van der Waals surface area contributed by atoms with Crippen molar-refractivity contribution in [3.05, 3.63) is 35.9 Å². The maximum absolute atomic E-state index is 12.6. The Morgan fingerprint density at radius 3 is 2.42 bits per heavy atom. The van der Waals surface area contributed by atoms with Crippen molar-refractivity contribution in [2.75, 3.05) is 13.1 Å². The molecule has 1 heterocycles. The zero-order valence-corrected chi connectivity index (χ0v) is 15.2. The van der Waals surface area contributed by atoms with Crippen LogP contribution < -0.4 is 0 Å². The van der Waals surface area contributed by atoms with Crippen molar-refractivity contribution < 1.29 is 9.53 Å². The summed E-state index contributed by atoms with van der Waals surface area (Å²) in [5.74, 6) is 0. The summed E-state index contributed by atoms with van der Waals surface area (Å²) < 4.78 is 5.65. The lowest BCUT2D eigenvalue weighted by Crippen LogP contribution is -2.62. The molecule has 4 nitrogen and oxygen atoms in total. The van der Waals surface area contributed by atoms with Crippen molar-refractivity contribution in [3.63, 3.8) is 0 Å². The van der Waals surface area contributed by atoms with E-state index in [9.17, 15) is 4.79 Å². The first-order valence-corrected chi connectivity index (χ1v) is 9.22. The number of ether oxygens (including phenoxy) is 1. The molecule has 0 aromatic heterocycles. The van der Waals surface area contributed by atoms with Crippen LogP contribution in [-0.4, -0.2) is 46.7 Å². The van der Waals surface area contributed by atoms with Crippen molar-refractivity contribution in [1.82, 2.24) is 9.80 Å². The van der Waals surface area contributed by atoms with Crippen molar-refractivity contribution in [2.45, 2.75) is 70.7 Å². The minimum Gasteiger partial charge on any atom is -0.444 e. The third-order valence-electron chi connectivity index (χ3n) is 5.05. The van der Waals surface area contributed by atoms with Crippen LogP contribution in [0.2, 0.25) is 0 Å². The normalized spacial score (nSPS) is 25.2. The van der Waals surface area contributed by atoms with Crippen LogP contribution in [0, 0.1) is 0 Å². The van der Waals surface area contributed by atoms with E-state index in [0.29, 0.717) is 12.1 Å². The van der Waals surface area contributed by atoms with Gasteiger partial charge in [-0.3, -0.25) is 4.90 Å². The fourth-order valence-electron chi connectivity index (χ4n) is 4.01. The number of hydrogen-bond donors (Lipinski definition) is 0. The van der Waals surface area contributed by atoms with Crippen LogP contribution in [0.3, 0.4) is 0 Å². The molecule has 132 valence electrons. The standard InChI is InChI=1S/C20H30N2O2/c1-20(2,3)24-19(23)22-14-13-21(15-16-9-5-4-6-10-16)17-11-7-8-12-18(17)22/h4-6,9-10,17-18H,7-8,11-15H2,1-3H3/t17-,18+/m1/s1. The van der Waals surface area contributed by atoms with E-state index < -0.39 is 5.60 Å². The number of carbonyl (C=O) groups is 1. The molecule has 1 aliphatic heterocycles. The molecule has 0 bridgehead atoms. The Kier molecular flexibility index (Phi) is 5.14. The molecule has 1 amide bonds. The topological polar surface area (TPSA) is 32.8 Å². The molecular weight excluding hydrogens is 300 g/mol. The lowest BCUT2D eigenvalue weighted by molar-refractivity contribution is -0.0332. The van der Waals surface area contributed by atoms with Gasteiger partial charge in [0.15, 0.2) is 0 Å². The van der Waals surface area contributed by atoms with E-state index in [1.165, 1.54) is 24.8 Å². The maximum atomic E-state index is 12.6. The predicted octanol–water partition coefficient (Wildman–Crippen LogP) is 4.05. The zero-order chi connectivity index (χ0) is 17.2. The summed E-state index contributed by atoms with van der Waals surface area (Å²) in [6, 6.07) is 11.4. The summed E-state index contributed by atoms with van der Waals surface area (Å²) in [6.07, 6.45) is 4.60. The fraction of sp³-hybridized carbons (Fsp3) is 0.650. The van der Waals surface area contributed by atoms with Gasteiger partial charge in [-0.2, -0.15) is 0 Å². The molecular formula is C20H30N2O2. The molecule has 2 fully saturated rings. The molecule has 4 heteroatoms. The monoisotopic (exact) mass is 330 g/mol. The average molecular weight is 330 g/mol. The number of amides is 1. The van der Waals surface area contributed by atoms with Crippen LogP contribution in [0.4, 0.5) is 4.79 Å². The second-order valence-electron chi connectivity index (χ2n) is 8.05. The summed E-state index contributed by atoms with van der Waals surface area (Å²) in [5.41, 5.74) is 0.926. The lowest BCUT2D eigenvalue weighted by atomic mass is 9.86. The number of piperazine rings is 1. The molecule has 0 radical (unpaired) electrons. The number of benzene rings is 1. The Hall–Kier alpha value is -1.55.